The zero-order valence-electron chi connectivity index (χ0n) is 20.3. The molecule has 1 fully saturated rings. The van der Waals surface area contributed by atoms with Gasteiger partial charge in [0.1, 0.15) is 5.60 Å². The van der Waals surface area contributed by atoms with Crippen LogP contribution in [0.1, 0.15) is 68.7 Å². The van der Waals surface area contributed by atoms with Gasteiger partial charge in [0.15, 0.2) is 0 Å². The van der Waals surface area contributed by atoms with Crippen molar-refractivity contribution in [2.24, 2.45) is 5.92 Å². The quantitative estimate of drug-likeness (QED) is 0.657. The molecule has 3 aliphatic rings. The van der Waals surface area contributed by atoms with E-state index in [0.717, 1.165) is 60.7 Å². The molecule has 0 bridgehead atoms. The van der Waals surface area contributed by atoms with Crippen LogP contribution in [0.15, 0.2) is 17.6 Å². The standard InChI is InChI=1S/C25H35N3O5S/c1-25(2,3)33-24(30)28-13-10-17(11-14-28)12-15-34(31,32)27-23(29)26-22-20-8-4-6-18(20)16-19-7-5-9-21(19)22/h12,15-17H,4-11,13-14H2,1-3H3,(H2,26,27,29)/b15-12+. The lowest BCUT2D eigenvalue weighted by atomic mass is 9.97. The highest BCUT2D eigenvalue weighted by Gasteiger charge is 2.27. The normalized spacial score (nSPS) is 18.6. The van der Waals surface area contributed by atoms with Crippen molar-refractivity contribution in [3.8, 4) is 0 Å². The van der Waals surface area contributed by atoms with E-state index in [9.17, 15) is 18.0 Å². The summed E-state index contributed by atoms with van der Waals surface area (Å²) < 4.78 is 32.6. The first-order chi connectivity index (χ1) is 16.0. The van der Waals surface area contributed by atoms with E-state index >= 15 is 0 Å². The molecule has 1 aliphatic heterocycles. The van der Waals surface area contributed by atoms with Gasteiger partial charge in [-0.25, -0.2) is 22.7 Å². The van der Waals surface area contributed by atoms with Crippen LogP contribution in [0.5, 0.6) is 0 Å². The molecule has 9 heteroatoms. The number of amides is 3. The minimum Gasteiger partial charge on any atom is -0.444 e. The highest BCUT2D eigenvalue weighted by atomic mass is 32.2. The van der Waals surface area contributed by atoms with Crippen LogP contribution < -0.4 is 10.0 Å². The molecular formula is C25H35N3O5S. The van der Waals surface area contributed by atoms with Crippen LogP contribution in [0.2, 0.25) is 0 Å². The minimum atomic E-state index is -3.93. The maximum absolute atomic E-state index is 12.6. The Labute approximate surface area is 202 Å². The van der Waals surface area contributed by atoms with Crippen molar-refractivity contribution in [3.05, 3.63) is 39.8 Å². The van der Waals surface area contributed by atoms with Crippen LogP contribution in [-0.4, -0.2) is 44.1 Å². The molecule has 2 aliphatic carbocycles. The highest BCUT2D eigenvalue weighted by Crippen LogP contribution is 2.38. The summed E-state index contributed by atoms with van der Waals surface area (Å²) in [5.74, 6) is 0.0129. The third kappa shape index (κ3) is 5.92. The van der Waals surface area contributed by atoms with Crippen molar-refractivity contribution >= 4 is 27.8 Å². The predicted molar refractivity (Wildman–Crippen MR) is 131 cm³/mol. The first-order valence-electron chi connectivity index (χ1n) is 12.2. The molecule has 1 aromatic carbocycles. The van der Waals surface area contributed by atoms with Gasteiger partial charge in [-0.1, -0.05) is 12.1 Å². The zero-order valence-corrected chi connectivity index (χ0v) is 21.1. The summed E-state index contributed by atoms with van der Waals surface area (Å²) in [6, 6.07) is 1.54. The number of hydrogen-bond acceptors (Lipinski definition) is 5. The smallest absolute Gasteiger partial charge is 0.410 e. The number of benzene rings is 1. The molecule has 34 heavy (non-hydrogen) atoms. The molecule has 0 radical (unpaired) electrons. The molecule has 0 unspecified atom stereocenters. The number of fused-ring (bicyclic) bond motifs is 2. The third-order valence-electron chi connectivity index (χ3n) is 6.67. The molecule has 1 heterocycles. The summed E-state index contributed by atoms with van der Waals surface area (Å²) in [6.45, 7) is 6.48. The van der Waals surface area contributed by atoms with Gasteiger partial charge in [0.2, 0.25) is 0 Å². The van der Waals surface area contributed by atoms with Gasteiger partial charge in [-0.15, -0.1) is 0 Å². The van der Waals surface area contributed by atoms with Gasteiger partial charge in [0, 0.05) is 24.2 Å². The zero-order chi connectivity index (χ0) is 24.5. The number of allylic oxidation sites excluding steroid dienone is 1. The van der Waals surface area contributed by atoms with Crippen molar-refractivity contribution in [1.29, 1.82) is 0 Å². The monoisotopic (exact) mass is 489 g/mol. The van der Waals surface area contributed by atoms with Crippen molar-refractivity contribution in [3.63, 3.8) is 0 Å². The number of carbonyl (C=O) groups excluding carboxylic acids is 2. The number of rotatable bonds is 4. The van der Waals surface area contributed by atoms with Gasteiger partial charge in [0.25, 0.3) is 10.0 Å². The Hall–Kier alpha value is -2.55. The van der Waals surface area contributed by atoms with Crippen molar-refractivity contribution < 1.29 is 22.7 Å². The van der Waals surface area contributed by atoms with E-state index in [1.807, 2.05) is 20.8 Å². The minimum absolute atomic E-state index is 0.0129. The summed E-state index contributed by atoms with van der Waals surface area (Å²) in [6.07, 6.45) is 8.49. The summed E-state index contributed by atoms with van der Waals surface area (Å²) in [5.41, 5.74) is 5.12. The molecule has 0 aromatic heterocycles. The molecule has 0 atom stereocenters. The Morgan fingerprint density at radius 3 is 2.18 bits per heavy atom. The van der Waals surface area contributed by atoms with E-state index < -0.39 is 21.7 Å². The Bertz CT molecular complexity index is 1060. The first kappa shape index (κ1) is 24.6. The molecular weight excluding hydrogens is 454 g/mol. The molecule has 186 valence electrons. The molecule has 4 rings (SSSR count). The first-order valence-corrected chi connectivity index (χ1v) is 13.7. The maximum atomic E-state index is 12.6. The van der Waals surface area contributed by atoms with Gasteiger partial charge in [-0.05, 0) is 100 Å². The van der Waals surface area contributed by atoms with Crippen LogP contribution >= 0.6 is 0 Å². The van der Waals surface area contributed by atoms with Crippen LogP contribution in [-0.2, 0) is 40.4 Å². The summed E-state index contributed by atoms with van der Waals surface area (Å²) in [5, 5.41) is 3.92. The average molecular weight is 490 g/mol. The molecule has 1 aromatic rings. The third-order valence-corrected chi connectivity index (χ3v) is 7.65. The molecule has 2 N–H and O–H groups in total. The summed E-state index contributed by atoms with van der Waals surface area (Å²) in [4.78, 5) is 26.4. The van der Waals surface area contributed by atoms with Crippen LogP contribution in [0.4, 0.5) is 15.3 Å². The van der Waals surface area contributed by atoms with Gasteiger partial charge in [0.05, 0.1) is 0 Å². The number of likely N-dealkylation sites (tertiary alicyclic amines) is 1. The molecule has 8 nitrogen and oxygen atoms in total. The maximum Gasteiger partial charge on any atom is 0.410 e. The van der Waals surface area contributed by atoms with Gasteiger partial charge in [-0.3, -0.25) is 0 Å². The van der Waals surface area contributed by atoms with E-state index in [-0.39, 0.29) is 12.0 Å². The number of anilines is 1. The number of hydrogen-bond donors (Lipinski definition) is 2. The number of piperidine rings is 1. The van der Waals surface area contributed by atoms with E-state index in [0.29, 0.717) is 25.9 Å². The van der Waals surface area contributed by atoms with E-state index in [1.54, 1.807) is 11.0 Å². The number of nitrogens with zero attached hydrogens (tertiary/aromatic N) is 1. The Morgan fingerprint density at radius 1 is 1.03 bits per heavy atom. The Balaban J connectivity index is 1.32. The van der Waals surface area contributed by atoms with Gasteiger partial charge < -0.3 is 15.0 Å². The second kappa shape index (κ2) is 9.60. The number of nitrogens with one attached hydrogen (secondary N) is 2. The van der Waals surface area contributed by atoms with Crippen molar-refractivity contribution in [1.82, 2.24) is 9.62 Å². The number of ether oxygens (including phenoxy) is 1. The van der Waals surface area contributed by atoms with E-state index in [2.05, 4.69) is 16.1 Å². The average Bonchev–Trinajstić information content (AvgIpc) is 3.40. The fourth-order valence-electron chi connectivity index (χ4n) is 5.08. The van der Waals surface area contributed by atoms with Crippen LogP contribution in [0.25, 0.3) is 0 Å². The highest BCUT2D eigenvalue weighted by molar-refractivity contribution is 7.92. The Kier molecular flexibility index (Phi) is 6.94. The fourth-order valence-corrected chi connectivity index (χ4v) is 5.89. The molecule has 0 saturated carbocycles. The SMILES string of the molecule is CC(C)(C)OC(=O)N1CCC(/C=C/S(=O)(=O)NC(=O)Nc2c3c(cc4c2CCC4)CCC3)CC1. The lowest BCUT2D eigenvalue weighted by molar-refractivity contribution is 0.0197. The Morgan fingerprint density at radius 2 is 1.62 bits per heavy atom. The van der Waals surface area contributed by atoms with Gasteiger partial charge in [-0.2, -0.15) is 0 Å². The predicted octanol–water partition coefficient (Wildman–Crippen LogP) is 4.28. The second-order valence-electron chi connectivity index (χ2n) is 10.5. The summed E-state index contributed by atoms with van der Waals surface area (Å²) >= 11 is 0. The van der Waals surface area contributed by atoms with Crippen LogP contribution in [0.3, 0.4) is 0 Å². The molecule has 3 amide bonds. The van der Waals surface area contributed by atoms with Gasteiger partial charge >= 0.3 is 12.1 Å². The van der Waals surface area contributed by atoms with Crippen molar-refractivity contribution in [2.75, 3.05) is 18.4 Å². The molecule has 0 spiro atoms. The largest absolute Gasteiger partial charge is 0.444 e. The second-order valence-corrected chi connectivity index (χ2v) is 12.0. The number of carbonyl (C=O) groups is 2. The van der Waals surface area contributed by atoms with Crippen LogP contribution in [0, 0.1) is 5.92 Å². The number of aryl methyl sites for hydroxylation is 2. The van der Waals surface area contributed by atoms with E-state index in [4.69, 9.17) is 4.74 Å². The lowest BCUT2D eigenvalue weighted by Gasteiger charge is -2.32. The molecule has 1 saturated heterocycles. The number of sulfonamides is 1. The lowest BCUT2D eigenvalue weighted by Crippen LogP contribution is -2.41. The number of urea groups is 1. The van der Waals surface area contributed by atoms with Crippen molar-refractivity contribution in [2.45, 2.75) is 77.7 Å². The summed E-state index contributed by atoms with van der Waals surface area (Å²) in [7, 11) is -3.93. The topological polar surface area (TPSA) is 105 Å². The fraction of sp³-hybridized carbons (Fsp3) is 0.600. The van der Waals surface area contributed by atoms with E-state index in [1.165, 1.54) is 11.1 Å².